The number of thiophene rings is 1. The minimum atomic E-state index is 1.12. The van der Waals surface area contributed by atoms with Crippen LogP contribution in [0.4, 0.5) is 0 Å². The maximum Gasteiger partial charge on any atom is 0.00870 e. The molecule has 0 saturated carbocycles. The van der Waals surface area contributed by atoms with Gasteiger partial charge in [-0.25, -0.2) is 0 Å². The molecular weight excluding hydrogens is 166 g/mol. The van der Waals surface area contributed by atoms with Crippen molar-refractivity contribution in [3.05, 3.63) is 21.9 Å². The Morgan fingerprint density at radius 2 is 2.25 bits per heavy atom. The lowest BCUT2D eigenvalue weighted by Gasteiger charge is -2.01. The molecule has 1 aromatic rings. The van der Waals surface area contributed by atoms with Crippen LogP contribution in [0.15, 0.2) is 11.4 Å². The molecule has 1 N–H and O–H groups in total. The molecule has 1 aromatic heterocycles. The van der Waals surface area contributed by atoms with Gasteiger partial charge < -0.3 is 5.32 Å². The normalized spacial score (nSPS) is 10.5. The van der Waals surface area contributed by atoms with E-state index in [1.54, 1.807) is 0 Å². The second-order valence-electron chi connectivity index (χ2n) is 3.03. The van der Waals surface area contributed by atoms with E-state index in [0.717, 1.165) is 13.1 Å². The van der Waals surface area contributed by atoms with Gasteiger partial charge in [-0.05, 0) is 49.9 Å². The fourth-order valence-corrected chi connectivity index (χ4v) is 2.07. The van der Waals surface area contributed by atoms with Gasteiger partial charge in [-0.3, -0.25) is 0 Å². The fraction of sp³-hybridized carbons (Fsp3) is 0.600. The zero-order valence-electron chi connectivity index (χ0n) is 7.89. The summed E-state index contributed by atoms with van der Waals surface area (Å²) < 4.78 is 0. The standard InChI is InChI=1S/C10H17NS/c1-3-6-11-7-4-10-9(2)5-8-12-10/h5,8,11H,3-4,6-7H2,1-2H3. The summed E-state index contributed by atoms with van der Waals surface area (Å²) >= 11 is 1.87. The van der Waals surface area contributed by atoms with E-state index in [1.165, 1.54) is 23.3 Å². The molecule has 0 spiro atoms. The largest absolute Gasteiger partial charge is 0.316 e. The van der Waals surface area contributed by atoms with E-state index in [9.17, 15) is 0 Å². The SMILES string of the molecule is CCCNCCc1sccc1C. The molecule has 0 aliphatic rings. The predicted molar refractivity (Wildman–Crippen MR) is 55.9 cm³/mol. The number of rotatable bonds is 5. The predicted octanol–water partition coefficient (Wildman–Crippen LogP) is 2.60. The maximum atomic E-state index is 3.41. The zero-order chi connectivity index (χ0) is 8.81. The molecule has 1 heterocycles. The van der Waals surface area contributed by atoms with Crippen LogP contribution >= 0.6 is 11.3 Å². The summed E-state index contributed by atoms with van der Waals surface area (Å²) in [5.74, 6) is 0. The molecule has 2 heteroatoms. The lowest BCUT2D eigenvalue weighted by molar-refractivity contribution is 0.673. The molecule has 0 aromatic carbocycles. The van der Waals surface area contributed by atoms with E-state index in [0.29, 0.717) is 0 Å². The van der Waals surface area contributed by atoms with Crippen LogP contribution in [-0.2, 0) is 6.42 Å². The lowest BCUT2D eigenvalue weighted by Crippen LogP contribution is -2.17. The Kier molecular flexibility index (Phi) is 4.33. The van der Waals surface area contributed by atoms with Crippen molar-refractivity contribution in [2.75, 3.05) is 13.1 Å². The Morgan fingerprint density at radius 3 is 2.83 bits per heavy atom. The average molecular weight is 183 g/mol. The third kappa shape index (κ3) is 2.95. The summed E-state index contributed by atoms with van der Waals surface area (Å²) in [6, 6.07) is 2.19. The van der Waals surface area contributed by atoms with Crippen molar-refractivity contribution in [3.8, 4) is 0 Å². The van der Waals surface area contributed by atoms with Gasteiger partial charge in [0.1, 0.15) is 0 Å². The summed E-state index contributed by atoms with van der Waals surface area (Å²) in [7, 11) is 0. The second-order valence-corrected chi connectivity index (χ2v) is 4.03. The lowest BCUT2D eigenvalue weighted by atomic mass is 10.2. The molecule has 0 amide bonds. The van der Waals surface area contributed by atoms with Crippen LogP contribution in [0.1, 0.15) is 23.8 Å². The van der Waals surface area contributed by atoms with E-state index in [1.807, 2.05) is 11.3 Å². The number of aryl methyl sites for hydroxylation is 1. The highest BCUT2D eigenvalue weighted by atomic mass is 32.1. The molecule has 0 saturated heterocycles. The summed E-state index contributed by atoms with van der Waals surface area (Å²) in [6.07, 6.45) is 2.41. The van der Waals surface area contributed by atoms with Gasteiger partial charge in [-0.15, -0.1) is 11.3 Å². The minimum absolute atomic E-state index is 1.12. The monoisotopic (exact) mass is 183 g/mol. The Labute approximate surface area is 78.8 Å². The van der Waals surface area contributed by atoms with Gasteiger partial charge in [0.05, 0.1) is 0 Å². The van der Waals surface area contributed by atoms with E-state index >= 15 is 0 Å². The molecule has 1 rings (SSSR count). The molecular formula is C10H17NS. The first-order valence-corrected chi connectivity index (χ1v) is 5.46. The zero-order valence-corrected chi connectivity index (χ0v) is 8.71. The molecule has 0 unspecified atom stereocenters. The van der Waals surface area contributed by atoms with Gasteiger partial charge >= 0.3 is 0 Å². The van der Waals surface area contributed by atoms with Crippen molar-refractivity contribution in [2.24, 2.45) is 0 Å². The van der Waals surface area contributed by atoms with Gasteiger partial charge in [0, 0.05) is 4.88 Å². The number of hydrogen-bond acceptors (Lipinski definition) is 2. The van der Waals surface area contributed by atoms with E-state index in [2.05, 4.69) is 30.6 Å². The first-order chi connectivity index (χ1) is 5.84. The molecule has 68 valence electrons. The highest BCUT2D eigenvalue weighted by Gasteiger charge is 1.97. The molecule has 0 fully saturated rings. The fourth-order valence-electron chi connectivity index (χ4n) is 1.16. The Morgan fingerprint density at radius 1 is 1.42 bits per heavy atom. The number of hydrogen-bond donors (Lipinski definition) is 1. The second kappa shape index (κ2) is 5.33. The van der Waals surface area contributed by atoms with Crippen molar-refractivity contribution >= 4 is 11.3 Å². The van der Waals surface area contributed by atoms with Crippen LogP contribution < -0.4 is 5.32 Å². The van der Waals surface area contributed by atoms with Crippen molar-refractivity contribution in [3.63, 3.8) is 0 Å². The first kappa shape index (κ1) is 9.75. The van der Waals surface area contributed by atoms with Crippen LogP contribution in [0.2, 0.25) is 0 Å². The van der Waals surface area contributed by atoms with Crippen LogP contribution in [0.3, 0.4) is 0 Å². The van der Waals surface area contributed by atoms with Crippen molar-refractivity contribution in [1.82, 2.24) is 5.32 Å². The summed E-state index contributed by atoms with van der Waals surface area (Å²) in [4.78, 5) is 1.53. The minimum Gasteiger partial charge on any atom is -0.316 e. The third-order valence-electron chi connectivity index (χ3n) is 1.92. The molecule has 0 aliphatic carbocycles. The third-order valence-corrected chi connectivity index (χ3v) is 3.01. The number of nitrogens with one attached hydrogen (secondary N) is 1. The Hall–Kier alpha value is -0.340. The van der Waals surface area contributed by atoms with Gasteiger partial charge in [-0.2, -0.15) is 0 Å². The van der Waals surface area contributed by atoms with Gasteiger partial charge in [-0.1, -0.05) is 6.92 Å². The first-order valence-electron chi connectivity index (χ1n) is 4.58. The van der Waals surface area contributed by atoms with E-state index < -0.39 is 0 Å². The summed E-state index contributed by atoms with van der Waals surface area (Å²) in [5.41, 5.74) is 1.44. The smallest absolute Gasteiger partial charge is 0.00870 e. The topological polar surface area (TPSA) is 12.0 Å². The molecule has 0 radical (unpaired) electrons. The molecule has 0 aliphatic heterocycles. The van der Waals surface area contributed by atoms with Crippen molar-refractivity contribution in [2.45, 2.75) is 26.7 Å². The van der Waals surface area contributed by atoms with Gasteiger partial charge in [0.15, 0.2) is 0 Å². The van der Waals surface area contributed by atoms with E-state index in [4.69, 9.17) is 0 Å². The van der Waals surface area contributed by atoms with Crippen LogP contribution in [-0.4, -0.2) is 13.1 Å². The van der Waals surface area contributed by atoms with Crippen LogP contribution in [0.5, 0.6) is 0 Å². The molecule has 0 bridgehead atoms. The highest BCUT2D eigenvalue weighted by Crippen LogP contribution is 2.15. The highest BCUT2D eigenvalue weighted by molar-refractivity contribution is 7.10. The van der Waals surface area contributed by atoms with Crippen molar-refractivity contribution in [1.29, 1.82) is 0 Å². The average Bonchev–Trinajstić information content (AvgIpc) is 2.46. The summed E-state index contributed by atoms with van der Waals surface area (Å²) in [5, 5.41) is 5.58. The van der Waals surface area contributed by atoms with Crippen molar-refractivity contribution < 1.29 is 0 Å². The van der Waals surface area contributed by atoms with Gasteiger partial charge in [0.2, 0.25) is 0 Å². The summed E-state index contributed by atoms with van der Waals surface area (Å²) in [6.45, 7) is 6.65. The molecule has 0 atom stereocenters. The Bertz CT molecular complexity index is 217. The maximum absolute atomic E-state index is 3.41. The van der Waals surface area contributed by atoms with E-state index in [-0.39, 0.29) is 0 Å². The van der Waals surface area contributed by atoms with Crippen LogP contribution in [0, 0.1) is 6.92 Å². The van der Waals surface area contributed by atoms with Gasteiger partial charge in [0.25, 0.3) is 0 Å². The molecule has 1 nitrogen and oxygen atoms in total. The quantitative estimate of drug-likeness (QED) is 0.692. The van der Waals surface area contributed by atoms with Crippen LogP contribution in [0.25, 0.3) is 0 Å². The Balaban J connectivity index is 2.20. The molecule has 12 heavy (non-hydrogen) atoms.